The zero-order valence-corrected chi connectivity index (χ0v) is 15.1. The number of anilines is 2. The molecule has 0 saturated carbocycles. The predicted octanol–water partition coefficient (Wildman–Crippen LogP) is 4.85. The molecular weight excluding hydrogens is 316 g/mol. The minimum atomic E-state index is -0.580. The van der Waals surface area contributed by atoms with Crippen LogP contribution in [0.1, 0.15) is 43.6 Å². The molecule has 0 radical (unpaired) electrons. The summed E-state index contributed by atoms with van der Waals surface area (Å²) >= 11 is 0. The van der Waals surface area contributed by atoms with Gasteiger partial charge in [0.25, 0.3) is 5.91 Å². The fourth-order valence-corrected chi connectivity index (χ4v) is 2.19. The minimum Gasteiger partial charge on any atom is -0.444 e. The third-order valence-electron chi connectivity index (χ3n) is 3.39. The Labute approximate surface area is 148 Å². The van der Waals surface area contributed by atoms with E-state index >= 15 is 0 Å². The molecule has 0 spiro atoms. The van der Waals surface area contributed by atoms with E-state index < -0.39 is 11.7 Å². The highest BCUT2D eigenvalue weighted by molar-refractivity contribution is 6.05. The molecule has 0 aliphatic rings. The molecule has 5 heteroatoms. The second-order valence-electron chi connectivity index (χ2n) is 6.71. The van der Waals surface area contributed by atoms with Gasteiger partial charge in [-0.05, 0) is 63.1 Å². The Morgan fingerprint density at radius 2 is 1.64 bits per heavy atom. The standard InChI is InChI=1S/C20H24N2O3/c1-5-14-9-11-16(12-10-14)21-18(23)15-7-6-8-17(13-15)22-19(24)25-20(2,3)4/h6-13H,5H2,1-4H3,(H,21,23)(H,22,24). The van der Waals surface area contributed by atoms with E-state index in [-0.39, 0.29) is 5.91 Å². The van der Waals surface area contributed by atoms with Crippen molar-refractivity contribution in [1.29, 1.82) is 0 Å². The zero-order chi connectivity index (χ0) is 18.4. The molecule has 0 atom stereocenters. The van der Waals surface area contributed by atoms with Gasteiger partial charge < -0.3 is 10.1 Å². The van der Waals surface area contributed by atoms with Gasteiger partial charge in [-0.25, -0.2) is 4.79 Å². The molecular formula is C20H24N2O3. The lowest BCUT2D eigenvalue weighted by Gasteiger charge is -2.19. The first-order valence-electron chi connectivity index (χ1n) is 8.27. The van der Waals surface area contributed by atoms with Crippen LogP contribution >= 0.6 is 0 Å². The molecule has 0 heterocycles. The number of amides is 2. The highest BCUT2D eigenvalue weighted by Gasteiger charge is 2.16. The molecule has 5 nitrogen and oxygen atoms in total. The van der Waals surface area contributed by atoms with Gasteiger partial charge >= 0.3 is 6.09 Å². The van der Waals surface area contributed by atoms with Gasteiger partial charge in [-0.15, -0.1) is 0 Å². The molecule has 132 valence electrons. The van der Waals surface area contributed by atoms with Gasteiger partial charge in [-0.1, -0.05) is 25.1 Å². The van der Waals surface area contributed by atoms with E-state index in [0.717, 1.165) is 12.1 Å². The summed E-state index contributed by atoms with van der Waals surface area (Å²) in [6, 6.07) is 14.4. The van der Waals surface area contributed by atoms with Crippen molar-refractivity contribution < 1.29 is 14.3 Å². The Bertz CT molecular complexity index is 746. The first kappa shape index (κ1) is 18.5. The summed E-state index contributed by atoms with van der Waals surface area (Å²) in [5, 5.41) is 5.48. The predicted molar refractivity (Wildman–Crippen MR) is 100 cm³/mol. The van der Waals surface area contributed by atoms with Crippen LogP contribution in [0.4, 0.5) is 16.2 Å². The van der Waals surface area contributed by atoms with Crippen molar-refractivity contribution >= 4 is 23.4 Å². The molecule has 0 fully saturated rings. The van der Waals surface area contributed by atoms with Crippen molar-refractivity contribution in [3.8, 4) is 0 Å². The fraction of sp³-hybridized carbons (Fsp3) is 0.300. The molecule has 2 aromatic carbocycles. The maximum atomic E-state index is 12.4. The van der Waals surface area contributed by atoms with Gasteiger partial charge in [0.05, 0.1) is 0 Å². The summed E-state index contributed by atoms with van der Waals surface area (Å²) in [6.07, 6.45) is 0.396. The second-order valence-corrected chi connectivity index (χ2v) is 6.71. The number of hydrogen-bond donors (Lipinski definition) is 2. The van der Waals surface area contributed by atoms with Crippen LogP contribution in [0.5, 0.6) is 0 Å². The van der Waals surface area contributed by atoms with Gasteiger partial charge in [0, 0.05) is 16.9 Å². The minimum absolute atomic E-state index is 0.239. The average Bonchev–Trinajstić information content (AvgIpc) is 2.54. The molecule has 2 aromatic rings. The summed E-state index contributed by atoms with van der Waals surface area (Å²) in [5.41, 5.74) is 2.31. The van der Waals surface area contributed by atoms with Gasteiger partial charge in [0.2, 0.25) is 0 Å². The summed E-state index contributed by atoms with van der Waals surface area (Å²) in [5.74, 6) is -0.239. The molecule has 0 aliphatic carbocycles. The third kappa shape index (κ3) is 5.95. The number of ether oxygens (including phenoxy) is 1. The highest BCUT2D eigenvalue weighted by Crippen LogP contribution is 2.16. The summed E-state index contributed by atoms with van der Waals surface area (Å²) < 4.78 is 5.21. The van der Waals surface area contributed by atoms with Crippen LogP contribution < -0.4 is 10.6 Å². The number of carbonyl (C=O) groups excluding carboxylic acids is 2. The number of carbonyl (C=O) groups is 2. The lowest BCUT2D eigenvalue weighted by molar-refractivity contribution is 0.0635. The molecule has 2 N–H and O–H groups in total. The van der Waals surface area contributed by atoms with E-state index in [9.17, 15) is 9.59 Å². The summed E-state index contributed by atoms with van der Waals surface area (Å²) in [7, 11) is 0. The van der Waals surface area contributed by atoms with Crippen molar-refractivity contribution in [2.75, 3.05) is 10.6 Å². The Kier molecular flexibility index (Phi) is 5.80. The Morgan fingerprint density at radius 3 is 2.24 bits per heavy atom. The lowest BCUT2D eigenvalue weighted by Crippen LogP contribution is -2.27. The average molecular weight is 340 g/mol. The van der Waals surface area contributed by atoms with Gasteiger partial charge in [0.1, 0.15) is 5.60 Å². The molecule has 0 unspecified atom stereocenters. The van der Waals surface area contributed by atoms with Crippen LogP contribution in [-0.4, -0.2) is 17.6 Å². The number of benzene rings is 2. The molecule has 0 saturated heterocycles. The van der Waals surface area contributed by atoms with E-state index in [4.69, 9.17) is 4.74 Å². The van der Waals surface area contributed by atoms with Crippen LogP contribution in [0.25, 0.3) is 0 Å². The van der Waals surface area contributed by atoms with Crippen LogP contribution in [0, 0.1) is 0 Å². The number of aryl methyl sites for hydroxylation is 1. The first-order valence-corrected chi connectivity index (χ1v) is 8.27. The van der Waals surface area contributed by atoms with E-state index in [1.54, 1.807) is 45.0 Å². The van der Waals surface area contributed by atoms with Crippen molar-refractivity contribution in [3.05, 3.63) is 59.7 Å². The van der Waals surface area contributed by atoms with Gasteiger partial charge in [0.15, 0.2) is 0 Å². The molecule has 25 heavy (non-hydrogen) atoms. The maximum absolute atomic E-state index is 12.4. The number of rotatable bonds is 4. The van der Waals surface area contributed by atoms with Crippen molar-refractivity contribution in [2.45, 2.75) is 39.7 Å². The normalized spacial score (nSPS) is 10.9. The lowest BCUT2D eigenvalue weighted by atomic mass is 10.1. The highest BCUT2D eigenvalue weighted by atomic mass is 16.6. The summed E-state index contributed by atoms with van der Waals surface area (Å²) in [4.78, 5) is 24.2. The van der Waals surface area contributed by atoms with Gasteiger partial charge in [-0.3, -0.25) is 10.1 Å². The first-order chi connectivity index (χ1) is 11.8. The van der Waals surface area contributed by atoms with Crippen LogP contribution in [0.3, 0.4) is 0 Å². The Morgan fingerprint density at radius 1 is 0.960 bits per heavy atom. The largest absolute Gasteiger partial charge is 0.444 e. The second kappa shape index (κ2) is 7.83. The number of hydrogen-bond acceptors (Lipinski definition) is 3. The van der Waals surface area contributed by atoms with Crippen molar-refractivity contribution in [3.63, 3.8) is 0 Å². The van der Waals surface area contributed by atoms with Crippen molar-refractivity contribution in [1.82, 2.24) is 0 Å². The van der Waals surface area contributed by atoms with E-state index in [0.29, 0.717) is 11.3 Å². The van der Waals surface area contributed by atoms with E-state index in [1.165, 1.54) is 5.56 Å². The van der Waals surface area contributed by atoms with Crippen molar-refractivity contribution in [2.24, 2.45) is 0 Å². The monoisotopic (exact) mass is 340 g/mol. The molecule has 2 amide bonds. The smallest absolute Gasteiger partial charge is 0.412 e. The molecule has 0 aliphatic heterocycles. The number of nitrogens with one attached hydrogen (secondary N) is 2. The van der Waals surface area contributed by atoms with Crippen LogP contribution in [0.2, 0.25) is 0 Å². The molecule has 2 rings (SSSR count). The summed E-state index contributed by atoms with van der Waals surface area (Å²) in [6.45, 7) is 7.46. The fourth-order valence-electron chi connectivity index (χ4n) is 2.19. The maximum Gasteiger partial charge on any atom is 0.412 e. The van der Waals surface area contributed by atoms with E-state index in [2.05, 4.69) is 17.6 Å². The SMILES string of the molecule is CCc1ccc(NC(=O)c2cccc(NC(=O)OC(C)(C)C)c2)cc1. The molecule has 0 bridgehead atoms. The topological polar surface area (TPSA) is 67.4 Å². The Balaban J connectivity index is 2.04. The third-order valence-corrected chi connectivity index (χ3v) is 3.39. The van der Waals surface area contributed by atoms with Crippen LogP contribution in [-0.2, 0) is 11.2 Å². The van der Waals surface area contributed by atoms with Gasteiger partial charge in [-0.2, -0.15) is 0 Å². The zero-order valence-electron chi connectivity index (χ0n) is 15.1. The Hall–Kier alpha value is -2.82. The quantitative estimate of drug-likeness (QED) is 0.836. The molecule has 0 aromatic heterocycles. The van der Waals surface area contributed by atoms with E-state index in [1.807, 2.05) is 24.3 Å². The van der Waals surface area contributed by atoms with Crippen LogP contribution in [0.15, 0.2) is 48.5 Å².